The second-order valence-corrected chi connectivity index (χ2v) is 4.75. The van der Waals surface area contributed by atoms with Crippen LogP contribution in [0, 0.1) is 5.92 Å². The van der Waals surface area contributed by atoms with Gasteiger partial charge in [-0.25, -0.2) is 0 Å². The molecule has 1 saturated carbocycles. The Morgan fingerprint density at radius 3 is 2.50 bits per heavy atom. The van der Waals surface area contributed by atoms with E-state index in [-0.39, 0.29) is 0 Å². The van der Waals surface area contributed by atoms with Gasteiger partial charge in [0, 0.05) is 18.5 Å². The summed E-state index contributed by atoms with van der Waals surface area (Å²) in [7, 11) is 0. The molecule has 1 aliphatic heterocycles. The average Bonchev–Trinajstić information content (AvgIpc) is 2.96. The lowest BCUT2D eigenvalue weighted by atomic mass is 9.95. The molecule has 0 radical (unpaired) electrons. The van der Waals surface area contributed by atoms with Crippen molar-refractivity contribution in [1.29, 1.82) is 0 Å². The number of benzene rings is 1. The van der Waals surface area contributed by atoms with Gasteiger partial charge in [-0.2, -0.15) is 0 Å². The number of piperidine rings is 1. The quantitative estimate of drug-likeness (QED) is 0.734. The van der Waals surface area contributed by atoms with E-state index in [2.05, 4.69) is 42.2 Å². The van der Waals surface area contributed by atoms with E-state index in [1.165, 1.54) is 26.1 Å². The molecule has 0 spiro atoms. The number of fused-ring (bicyclic) bond motifs is 1. The molecule has 1 aromatic rings. The van der Waals surface area contributed by atoms with Crippen LogP contribution >= 0.6 is 0 Å². The van der Waals surface area contributed by atoms with Gasteiger partial charge in [-0.1, -0.05) is 51.1 Å². The number of likely N-dealkylation sites (tertiary alicyclic amines) is 1. The van der Waals surface area contributed by atoms with Crippen LogP contribution in [0.25, 0.3) is 0 Å². The van der Waals surface area contributed by atoms with E-state index in [9.17, 15) is 0 Å². The Hall–Kier alpha value is -0.820. The zero-order valence-corrected chi connectivity index (χ0v) is 10.7. The Bertz CT molecular complexity index is 333. The molecule has 1 heteroatoms. The van der Waals surface area contributed by atoms with E-state index in [1.807, 2.05) is 13.8 Å². The third kappa shape index (κ3) is 1.78. The van der Waals surface area contributed by atoms with Gasteiger partial charge >= 0.3 is 0 Å². The minimum absolute atomic E-state index is 0.553. The largest absolute Gasteiger partial charge is 0.302 e. The molecule has 16 heavy (non-hydrogen) atoms. The fourth-order valence-electron chi connectivity index (χ4n) is 3.04. The molecule has 2 fully saturated rings. The summed E-state index contributed by atoms with van der Waals surface area (Å²) in [4.78, 5) is 2.58. The first-order chi connectivity index (χ1) is 7.85. The van der Waals surface area contributed by atoms with Crippen molar-refractivity contribution < 1.29 is 0 Å². The van der Waals surface area contributed by atoms with Crippen molar-refractivity contribution in [1.82, 2.24) is 4.90 Å². The monoisotopic (exact) mass is 217 g/mol. The zero-order chi connectivity index (χ0) is 11.6. The van der Waals surface area contributed by atoms with E-state index in [4.69, 9.17) is 0 Å². The Kier molecular flexibility index (Phi) is 3.34. The Balaban J connectivity index is 0.000000457. The summed E-state index contributed by atoms with van der Waals surface area (Å²) in [5.41, 5.74) is 2.12. The third-order valence-corrected chi connectivity index (χ3v) is 4.01. The van der Waals surface area contributed by atoms with Gasteiger partial charge < -0.3 is 4.90 Å². The Morgan fingerprint density at radius 2 is 1.94 bits per heavy atom. The summed E-state index contributed by atoms with van der Waals surface area (Å²) in [5, 5.41) is 0. The van der Waals surface area contributed by atoms with Crippen LogP contribution in [0.15, 0.2) is 30.3 Å². The molecular formula is C15H23N. The summed E-state index contributed by atoms with van der Waals surface area (Å²) in [6, 6.07) is 11.1. The molecule has 1 nitrogen and oxygen atoms in total. The van der Waals surface area contributed by atoms with Gasteiger partial charge in [0.25, 0.3) is 0 Å². The van der Waals surface area contributed by atoms with Crippen LogP contribution in [0.4, 0.5) is 0 Å². The highest BCUT2D eigenvalue weighted by molar-refractivity contribution is 5.36. The standard InChI is InChI=1S/C13H17N.C2H6/c1-2-14-9-12-8-13(12,10-14)11-6-4-3-5-7-11;1-2/h3-7,12H,2,8-10H2,1H3;1-2H3. The van der Waals surface area contributed by atoms with Crippen molar-refractivity contribution >= 4 is 0 Å². The van der Waals surface area contributed by atoms with E-state index in [0.29, 0.717) is 5.41 Å². The van der Waals surface area contributed by atoms with Crippen LogP contribution in [0.2, 0.25) is 0 Å². The minimum atomic E-state index is 0.553. The van der Waals surface area contributed by atoms with Crippen LogP contribution in [-0.2, 0) is 5.41 Å². The molecule has 0 N–H and O–H groups in total. The molecule has 1 heterocycles. The molecule has 1 aliphatic carbocycles. The summed E-state index contributed by atoms with van der Waals surface area (Å²) in [5.74, 6) is 0.949. The molecule has 0 bridgehead atoms. The maximum absolute atomic E-state index is 2.58. The van der Waals surface area contributed by atoms with Crippen LogP contribution < -0.4 is 0 Å². The first-order valence-electron chi connectivity index (χ1n) is 6.63. The van der Waals surface area contributed by atoms with Gasteiger partial charge in [0.15, 0.2) is 0 Å². The number of hydrogen-bond donors (Lipinski definition) is 0. The highest BCUT2D eigenvalue weighted by Crippen LogP contribution is 2.58. The average molecular weight is 217 g/mol. The predicted octanol–water partition coefficient (Wildman–Crippen LogP) is 3.31. The SMILES string of the molecule is CC.CCN1CC2CC2(c2ccccc2)C1. The molecule has 2 atom stereocenters. The number of likely N-dealkylation sites (N-methyl/N-ethyl adjacent to an activating group) is 1. The van der Waals surface area contributed by atoms with E-state index < -0.39 is 0 Å². The topological polar surface area (TPSA) is 3.24 Å². The number of rotatable bonds is 2. The summed E-state index contributed by atoms with van der Waals surface area (Å²) in [6.45, 7) is 10.1. The number of hydrogen-bond acceptors (Lipinski definition) is 1. The molecule has 88 valence electrons. The molecule has 0 amide bonds. The maximum Gasteiger partial charge on any atom is 0.0124 e. The summed E-state index contributed by atoms with van der Waals surface area (Å²) < 4.78 is 0. The zero-order valence-electron chi connectivity index (χ0n) is 10.7. The lowest BCUT2D eigenvalue weighted by Gasteiger charge is -2.18. The van der Waals surface area contributed by atoms with Gasteiger partial charge in [0.05, 0.1) is 0 Å². The van der Waals surface area contributed by atoms with Gasteiger partial charge in [0.2, 0.25) is 0 Å². The number of nitrogens with zero attached hydrogens (tertiary/aromatic N) is 1. The molecule has 3 rings (SSSR count). The van der Waals surface area contributed by atoms with Crippen molar-refractivity contribution in [2.45, 2.75) is 32.6 Å². The van der Waals surface area contributed by atoms with Crippen molar-refractivity contribution in [3.8, 4) is 0 Å². The molecule has 1 saturated heterocycles. The lowest BCUT2D eigenvalue weighted by molar-refractivity contribution is 0.314. The fraction of sp³-hybridized carbons (Fsp3) is 0.600. The molecule has 2 unspecified atom stereocenters. The highest BCUT2D eigenvalue weighted by Gasteiger charge is 2.60. The van der Waals surface area contributed by atoms with Crippen LogP contribution in [-0.4, -0.2) is 24.5 Å². The molecule has 0 aromatic heterocycles. The van der Waals surface area contributed by atoms with E-state index >= 15 is 0 Å². The second kappa shape index (κ2) is 4.58. The van der Waals surface area contributed by atoms with E-state index in [1.54, 1.807) is 5.56 Å². The molecule has 1 aromatic carbocycles. The van der Waals surface area contributed by atoms with Gasteiger partial charge in [0.1, 0.15) is 0 Å². The van der Waals surface area contributed by atoms with Crippen molar-refractivity contribution in [3.05, 3.63) is 35.9 Å². The predicted molar refractivity (Wildman–Crippen MR) is 69.7 cm³/mol. The first-order valence-corrected chi connectivity index (χ1v) is 6.63. The fourth-order valence-corrected chi connectivity index (χ4v) is 3.04. The smallest absolute Gasteiger partial charge is 0.0124 e. The minimum Gasteiger partial charge on any atom is -0.302 e. The lowest BCUT2D eigenvalue weighted by Crippen LogP contribution is -2.26. The molecule has 2 aliphatic rings. The van der Waals surface area contributed by atoms with Gasteiger partial charge in [-0.15, -0.1) is 0 Å². The van der Waals surface area contributed by atoms with Crippen molar-refractivity contribution in [2.75, 3.05) is 19.6 Å². The molecular weight excluding hydrogens is 194 g/mol. The van der Waals surface area contributed by atoms with Gasteiger partial charge in [-0.05, 0) is 24.4 Å². The second-order valence-electron chi connectivity index (χ2n) is 4.75. The van der Waals surface area contributed by atoms with Crippen LogP contribution in [0.1, 0.15) is 32.8 Å². The Labute approximate surface area is 99.5 Å². The first kappa shape index (κ1) is 11.7. The summed E-state index contributed by atoms with van der Waals surface area (Å²) in [6.07, 6.45) is 1.42. The van der Waals surface area contributed by atoms with E-state index in [0.717, 1.165) is 5.92 Å². The Morgan fingerprint density at radius 1 is 1.25 bits per heavy atom. The van der Waals surface area contributed by atoms with Crippen LogP contribution in [0.3, 0.4) is 0 Å². The summed E-state index contributed by atoms with van der Waals surface area (Å²) >= 11 is 0. The maximum atomic E-state index is 2.58. The van der Waals surface area contributed by atoms with Crippen molar-refractivity contribution in [2.24, 2.45) is 5.92 Å². The highest BCUT2D eigenvalue weighted by atomic mass is 15.2. The van der Waals surface area contributed by atoms with Gasteiger partial charge in [-0.3, -0.25) is 0 Å². The third-order valence-electron chi connectivity index (χ3n) is 4.01. The normalized spacial score (nSPS) is 31.6. The van der Waals surface area contributed by atoms with Crippen molar-refractivity contribution in [3.63, 3.8) is 0 Å². The van der Waals surface area contributed by atoms with Crippen LogP contribution in [0.5, 0.6) is 0 Å².